The van der Waals surface area contributed by atoms with Gasteiger partial charge in [-0.05, 0) is 80.2 Å². The van der Waals surface area contributed by atoms with Crippen LogP contribution in [0.4, 0.5) is 0 Å². The van der Waals surface area contributed by atoms with E-state index in [-0.39, 0.29) is 27.1 Å². The first-order valence-corrected chi connectivity index (χ1v) is 15.4. The summed E-state index contributed by atoms with van der Waals surface area (Å²) >= 11 is 0. The summed E-state index contributed by atoms with van der Waals surface area (Å²) in [4.78, 5) is 0. The van der Waals surface area contributed by atoms with Crippen molar-refractivity contribution in [3.05, 3.63) is 106 Å². The van der Waals surface area contributed by atoms with E-state index in [9.17, 15) is 0 Å². The predicted molar refractivity (Wildman–Crippen MR) is 171 cm³/mol. The molecule has 0 bridgehead atoms. The molecule has 0 aliphatic heterocycles. The fourth-order valence-electron chi connectivity index (χ4n) is 9.05. The lowest BCUT2D eigenvalue weighted by molar-refractivity contribution is 0.0763. The van der Waals surface area contributed by atoms with Crippen molar-refractivity contribution in [3.63, 3.8) is 0 Å². The molecule has 3 aromatic carbocycles. The number of hydrogen-bond acceptors (Lipinski definition) is 0. The van der Waals surface area contributed by atoms with Crippen LogP contribution in [0.15, 0.2) is 72.8 Å². The van der Waals surface area contributed by atoms with Crippen molar-refractivity contribution in [2.75, 3.05) is 0 Å². The van der Waals surface area contributed by atoms with Crippen molar-refractivity contribution >= 4 is 0 Å². The number of unbranched alkanes of at least 4 members (excludes halogenated alkanes) is 1. The van der Waals surface area contributed by atoms with E-state index in [0.717, 1.165) is 12.8 Å². The average molecular weight is 523 g/mol. The van der Waals surface area contributed by atoms with Gasteiger partial charge in [-0.25, -0.2) is 0 Å². The molecule has 0 amide bonds. The van der Waals surface area contributed by atoms with Gasteiger partial charge in [0.05, 0.1) is 0 Å². The Morgan fingerprint density at radius 3 is 1.72 bits per heavy atom. The lowest BCUT2D eigenvalue weighted by Crippen LogP contribution is -2.48. The molecule has 0 N–H and O–H groups in total. The molecule has 0 nitrogen and oxygen atoms in total. The number of rotatable bonds is 7. The average Bonchev–Trinajstić information content (AvgIpc) is 3.06. The highest BCUT2D eigenvalue weighted by atomic mass is 14.6. The number of fused-ring (bicyclic) bond motifs is 1. The highest BCUT2D eigenvalue weighted by Crippen LogP contribution is 2.65. The summed E-state index contributed by atoms with van der Waals surface area (Å²) in [6.45, 7) is 27.0. The maximum absolute atomic E-state index is 2.60. The van der Waals surface area contributed by atoms with Gasteiger partial charge in [-0.2, -0.15) is 0 Å². The van der Waals surface area contributed by atoms with Crippen LogP contribution in [0.5, 0.6) is 0 Å². The molecule has 0 saturated heterocycles. The Hall–Kier alpha value is -2.34. The maximum atomic E-state index is 2.60. The molecular formula is C39H54. The summed E-state index contributed by atoms with van der Waals surface area (Å²) in [5, 5.41) is 0. The molecule has 4 rings (SSSR count). The third-order valence-corrected chi connectivity index (χ3v) is 9.83. The standard InChI is InChI=1S/C39H54/c1-12-13-20-28-21-14-15-22-29(28)39(11)33-26-19-18-25-32(33)38(10,34(39)36(5,6)7)27-37(8,9)31-24-17-16-23-30(31)35(2,3)4/h14-19,21-26,34H,12-13,20,27H2,1-11H3. The third-order valence-electron chi connectivity index (χ3n) is 9.83. The van der Waals surface area contributed by atoms with Gasteiger partial charge in [0.1, 0.15) is 0 Å². The monoisotopic (exact) mass is 522 g/mol. The largest absolute Gasteiger partial charge is 0.0654 e. The molecule has 1 aliphatic rings. The van der Waals surface area contributed by atoms with E-state index in [1.165, 1.54) is 35.1 Å². The molecule has 3 atom stereocenters. The van der Waals surface area contributed by atoms with Gasteiger partial charge in [0.2, 0.25) is 0 Å². The highest BCUT2D eigenvalue weighted by Gasteiger charge is 2.61. The van der Waals surface area contributed by atoms with Crippen molar-refractivity contribution in [2.45, 2.75) is 124 Å². The fraction of sp³-hybridized carbons (Fsp3) is 0.538. The summed E-state index contributed by atoms with van der Waals surface area (Å²) < 4.78 is 0. The smallest absolute Gasteiger partial charge is 0.0221 e. The third kappa shape index (κ3) is 5.14. The summed E-state index contributed by atoms with van der Waals surface area (Å²) in [6, 6.07) is 28.1. The molecule has 210 valence electrons. The molecule has 0 radical (unpaired) electrons. The second-order valence-corrected chi connectivity index (χ2v) is 15.6. The van der Waals surface area contributed by atoms with Crippen LogP contribution >= 0.6 is 0 Å². The van der Waals surface area contributed by atoms with Crippen molar-refractivity contribution in [3.8, 4) is 0 Å². The van der Waals surface area contributed by atoms with Gasteiger partial charge in [0, 0.05) is 5.41 Å². The van der Waals surface area contributed by atoms with Crippen LogP contribution in [-0.2, 0) is 28.1 Å². The van der Waals surface area contributed by atoms with Gasteiger partial charge in [0.15, 0.2) is 0 Å². The predicted octanol–water partition coefficient (Wildman–Crippen LogP) is 10.9. The SMILES string of the molecule is CCCCc1ccccc1C1(C)c2ccccc2C(C)(CC(C)(C)c2ccccc2C(C)(C)C)C1C(C)(C)C. The molecule has 0 heteroatoms. The molecule has 3 aromatic rings. The Kier molecular flexibility index (Phi) is 7.79. The molecule has 0 aromatic heterocycles. The second-order valence-electron chi connectivity index (χ2n) is 15.6. The minimum atomic E-state index is -0.0620. The molecule has 0 spiro atoms. The Morgan fingerprint density at radius 1 is 0.641 bits per heavy atom. The lowest BCUT2D eigenvalue weighted by Gasteiger charge is -2.51. The summed E-state index contributed by atoms with van der Waals surface area (Å²) in [7, 11) is 0. The van der Waals surface area contributed by atoms with Gasteiger partial charge in [-0.15, -0.1) is 0 Å². The summed E-state index contributed by atoms with van der Waals surface area (Å²) in [5.74, 6) is 0.443. The van der Waals surface area contributed by atoms with Crippen molar-refractivity contribution in [1.82, 2.24) is 0 Å². The Balaban J connectivity index is 1.96. The van der Waals surface area contributed by atoms with Gasteiger partial charge in [0.25, 0.3) is 0 Å². The van der Waals surface area contributed by atoms with Crippen LogP contribution in [0.3, 0.4) is 0 Å². The first kappa shape index (κ1) is 29.6. The molecule has 0 heterocycles. The first-order chi connectivity index (χ1) is 18.1. The number of benzene rings is 3. The van der Waals surface area contributed by atoms with E-state index in [1.54, 1.807) is 11.1 Å². The topological polar surface area (TPSA) is 0 Å². The van der Waals surface area contributed by atoms with E-state index < -0.39 is 0 Å². The minimum Gasteiger partial charge on any atom is -0.0654 e. The highest BCUT2D eigenvalue weighted by molar-refractivity contribution is 5.57. The zero-order valence-electron chi connectivity index (χ0n) is 26.8. The van der Waals surface area contributed by atoms with Crippen molar-refractivity contribution < 1.29 is 0 Å². The normalized spacial score (nSPS) is 23.6. The van der Waals surface area contributed by atoms with Crippen LogP contribution in [0.1, 0.15) is 129 Å². The Morgan fingerprint density at radius 2 is 1.15 bits per heavy atom. The first-order valence-electron chi connectivity index (χ1n) is 15.4. The fourth-order valence-corrected chi connectivity index (χ4v) is 9.05. The molecule has 39 heavy (non-hydrogen) atoms. The van der Waals surface area contributed by atoms with E-state index in [0.29, 0.717) is 5.92 Å². The van der Waals surface area contributed by atoms with E-state index in [4.69, 9.17) is 0 Å². The Labute approximate surface area is 240 Å². The van der Waals surface area contributed by atoms with Gasteiger partial charge in [-0.3, -0.25) is 0 Å². The van der Waals surface area contributed by atoms with Crippen LogP contribution < -0.4 is 0 Å². The van der Waals surface area contributed by atoms with Gasteiger partial charge in [-0.1, -0.05) is 155 Å². The van der Waals surface area contributed by atoms with E-state index >= 15 is 0 Å². The van der Waals surface area contributed by atoms with Crippen LogP contribution in [0.25, 0.3) is 0 Å². The van der Waals surface area contributed by atoms with Crippen molar-refractivity contribution in [2.24, 2.45) is 11.3 Å². The summed E-state index contributed by atoms with van der Waals surface area (Å²) in [6.07, 6.45) is 4.73. The maximum Gasteiger partial charge on any atom is 0.0221 e. The molecule has 0 fully saturated rings. The number of aryl methyl sites for hydroxylation is 1. The molecule has 3 unspecified atom stereocenters. The zero-order chi connectivity index (χ0) is 28.9. The molecule has 1 aliphatic carbocycles. The van der Waals surface area contributed by atoms with E-state index in [1.807, 2.05) is 0 Å². The van der Waals surface area contributed by atoms with Crippen molar-refractivity contribution in [1.29, 1.82) is 0 Å². The molecular weight excluding hydrogens is 468 g/mol. The van der Waals surface area contributed by atoms with E-state index in [2.05, 4.69) is 149 Å². The summed E-state index contributed by atoms with van der Waals surface area (Å²) in [5.41, 5.74) is 9.33. The van der Waals surface area contributed by atoms with Crippen LogP contribution in [0, 0.1) is 11.3 Å². The minimum absolute atomic E-state index is 0.00988. The molecule has 0 saturated carbocycles. The van der Waals surface area contributed by atoms with Gasteiger partial charge < -0.3 is 0 Å². The second kappa shape index (κ2) is 10.2. The zero-order valence-corrected chi connectivity index (χ0v) is 26.8. The quantitative estimate of drug-likeness (QED) is 0.289. The van der Waals surface area contributed by atoms with Crippen LogP contribution in [-0.4, -0.2) is 0 Å². The Bertz CT molecular complexity index is 1290. The van der Waals surface area contributed by atoms with Gasteiger partial charge >= 0.3 is 0 Å². The number of hydrogen-bond donors (Lipinski definition) is 0. The van der Waals surface area contributed by atoms with Crippen LogP contribution in [0.2, 0.25) is 0 Å². The lowest BCUT2D eigenvalue weighted by atomic mass is 9.52.